The van der Waals surface area contributed by atoms with Crippen LogP contribution < -0.4 is 0 Å². The molecule has 0 saturated heterocycles. The summed E-state index contributed by atoms with van der Waals surface area (Å²) in [4.78, 5) is 15.7. The first kappa shape index (κ1) is 14.9. The molecule has 1 aromatic carbocycles. The van der Waals surface area contributed by atoms with Gasteiger partial charge >= 0.3 is 0 Å². The fourth-order valence-corrected chi connectivity index (χ4v) is 1.44. The van der Waals surface area contributed by atoms with Crippen molar-refractivity contribution in [3.05, 3.63) is 78.1 Å². The van der Waals surface area contributed by atoms with E-state index in [0.29, 0.717) is 0 Å². The zero-order valence-electron chi connectivity index (χ0n) is 10.3. The molecule has 0 fully saturated rings. The van der Waals surface area contributed by atoms with Crippen molar-refractivity contribution in [2.45, 2.75) is 0 Å². The van der Waals surface area contributed by atoms with Crippen LogP contribution in [0.1, 0.15) is 11.3 Å². The van der Waals surface area contributed by atoms with Gasteiger partial charge in [0.05, 0.1) is 5.69 Å². The molecule has 1 heterocycles. The number of carbonyl (C=O) groups is 1. The standard InChI is InChI=1S/C16H13NO.ClH/c18-16(11-9-14-6-2-1-3-7-14)12-10-15-8-4-5-13-17-15;/h1-13H;1H/b11-9+,12-10+;. The van der Waals surface area contributed by atoms with Crippen LogP contribution in [0.5, 0.6) is 0 Å². The highest BCUT2D eigenvalue weighted by molar-refractivity contribution is 6.04. The first-order chi connectivity index (χ1) is 8.84. The molecule has 2 aromatic rings. The van der Waals surface area contributed by atoms with E-state index in [2.05, 4.69) is 4.98 Å². The molecular weight excluding hydrogens is 258 g/mol. The molecule has 19 heavy (non-hydrogen) atoms. The second-order valence-electron chi connectivity index (χ2n) is 3.73. The highest BCUT2D eigenvalue weighted by Crippen LogP contribution is 2.02. The van der Waals surface area contributed by atoms with Gasteiger partial charge in [0.1, 0.15) is 0 Å². The minimum atomic E-state index is -0.0514. The number of hydrogen-bond donors (Lipinski definition) is 0. The van der Waals surface area contributed by atoms with Gasteiger partial charge in [0.15, 0.2) is 5.78 Å². The Hall–Kier alpha value is -2.19. The van der Waals surface area contributed by atoms with Crippen molar-refractivity contribution in [1.82, 2.24) is 4.98 Å². The molecule has 0 spiro atoms. The Morgan fingerprint density at radius 3 is 2.26 bits per heavy atom. The van der Waals surface area contributed by atoms with E-state index in [4.69, 9.17) is 0 Å². The maximum atomic E-state index is 11.6. The van der Waals surface area contributed by atoms with E-state index in [9.17, 15) is 4.79 Å². The lowest BCUT2D eigenvalue weighted by Crippen LogP contribution is -1.85. The third-order valence-electron chi connectivity index (χ3n) is 2.35. The predicted octanol–water partition coefficient (Wildman–Crippen LogP) is 3.80. The molecule has 0 aliphatic heterocycles. The molecule has 1 aromatic heterocycles. The number of halogens is 1. The van der Waals surface area contributed by atoms with E-state index < -0.39 is 0 Å². The third-order valence-corrected chi connectivity index (χ3v) is 2.35. The molecule has 0 unspecified atom stereocenters. The Labute approximate surface area is 118 Å². The Balaban J connectivity index is 0.00000180. The van der Waals surface area contributed by atoms with Crippen molar-refractivity contribution in [3.8, 4) is 0 Å². The molecule has 2 nitrogen and oxygen atoms in total. The third kappa shape index (κ3) is 5.32. The SMILES string of the molecule is Cl.O=C(/C=C/c1ccccc1)/C=C/c1ccccn1. The highest BCUT2D eigenvalue weighted by atomic mass is 35.5. The number of rotatable bonds is 4. The van der Waals surface area contributed by atoms with Gasteiger partial charge in [-0.15, -0.1) is 12.4 Å². The van der Waals surface area contributed by atoms with Gasteiger partial charge in [-0.1, -0.05) is 42.5 Å². The van der Waals surface area contributed by atoms with Crippen LogP contribution in [-0.2, 0) is 4.79 Å². The van der Waals surface area contributed by atoms with Crippen LogP contribution in [0.15, 0.2) is 66.9 Å². The summed E-state index contributed by atoms with van der Waals surface area (Å²) in [6.45, 7) is 0. The topological polar surface area (TPSA) is 30.0 Å². The normalized spacial score (nSPS) is 10.5. The first-order valence-electron chi connectivity index (χ1n) is 5.71. The average Bonchev–Trinajstić information content (AvgIpc) is 2.45. The fourth-order valence-electron chi connectivity index (χ4n) is 1.44. The summed E-state index contributed by atoms with van der Waals surface area (Å²) in [5.74, 6) is -0.0514. The van der Waals surface area contributed by atoms with Crippen LogP contribution in [0.4, 0.5) is 0 Å². The lowest BCUT2D eigenvalue weighted by Gasteiger charge is -1.90. The molecule has 0 saturated carbocycles. The molecular formula is C16H14ClNO. The molecule has 3 heteroatoms. The van der Waals surface area contributed by atoms with Gasteiger partial charge in [-0.05, 0) is 35.9 Å². The van der Waals surface area contributed by atoms with Gasteiger partial charge in [-0.25, -0.2) is 0 Å². The van der Waals surface area contributed by atoms with Crippen LogP contribution >= 0.6 is 12.4 Å². The zero-order chi connectivity index (χ0) is 12.6. The minimum Gasteiger partial charge on any atom is -0.290 e. The summed E-state index contributed by atoms with van der Waals surface area (Å²) < 4.78 is 0. The first-order valence-corrected chi connectivity index (χ1v) is 5.71. The smallest absolute Gasteiger partial charge is 0.178 e. The maximum absolute atomic E-state index is 11.6. The molecule has 2 rings (SSSR count). The Morgan fingerprint density at radius 2 is 1.58 bits per heavy atom. The molecule has 0 aliphatic rings. The molecule has 0 radical (unpaired) electrons. The number of nitrogens with zero attached hydrogens (tertiary/aromatic N) is 1. The second-order valence-corrected chi connectivity index (χ2v) is 3.73. The number of allylic oxidation sites excluding steroid dienone is 2. The largest absolute Gasteiger partial charge is 0.290 e. The highest BCUT2D eigenvalue weighted by Gasteiger charge is 1.90. The van der Waals surface area contributed by atoms with Gasteiger partial charge in [-0.2, -0.15) is 0 Å². The van der Waals surface area contributed by atoms with Crippen molar-refractivity contribution in [2.24, 2.45) is 0 Å². The number of ketones is 1. The molecule has 96 valence electrons. The van der Waals surface area contributed by atoms with Crippen LogP contribution in [0.2, 0.25) is 0 Å². The van der Waals surface area contributed by atoms with Crippen molar-refractivity contribution < 1.29 is 4.79 Å². The molecule has 0 N–H and O–H groups in total. The fraction of sp³-hybridized carbons (Fsp3) is 0. The number of aromatic nitrogens is 1. The summed E-state index contributed by atoms with van der Waals surface area (Å²) in [6.07, 6.45) is 8.27. The van der Waals surface area contributed by atoms with Crippen molar-refractivity contribution in [1.29, 1.82) is 0 Å². The quantitative estimate of drug-likeness (QED) is 0.792. The van der Waals surface area contributed by atoms with Gasteiger partial charge in [0, 0.05) is 6.20 Å². The van der Waals surface area contributed by atoms with E-state index >= 15 is 0 Å². The molecule has 0 aliphatic carbocycles. The Bertz CT molecular complexity index is 510. The minimum absolute atomic E-state index is 0. The van der Waals surface area contributed by atoms with Crippen LogP contribution in [0, 0.1) is 0 Å². The van der Waals surface area contributed by atoms with E-state index in [1.807, 2.05) is 48.5 Å². The summed E-state index contributed by atoms with van der Waals surface area (Å²) in [6, 6.07) is 15.3. The summed E-state index contributed by atoms with van der Waals surface area (Å²) >= 11 is 0. The lowest BCUT2D eigenvalue weighted by molar-refractivity contribution is -0.110. The van der Waals surface area contributed by atoms with Crippen molar-refractivity contribution in [2.75, 3.05) is 0 Å². The van der Waals surface area contributed by atoms with Crippen molar-refractivity contribution in [3.63, 3.8) is 0 Å². The van der Waals surface area contributed by atoms with Gasteiger partial charge in [0.25, 0.3) is 0 Å². The van der Waals surface area contributed by atoms with Gasteiger partial charge < -0.3 is 0 Å². The van der Waals surface area contributed by atoms with Crippen LogP contribution in [-0.4, -0.2) is 10.8 Å². The number of pyridine rings is 1. The summed E-state index contributed by atoms with van der Waals surface area (Å²) in [7, 11) is 0. The van der Waals surface area contributed by atoms with Gasteiger partial charge in [-0.3, -0.25) is 9.78 Å². The lowest BCUT2D eigenvalue weighted by atomic mass is 10.2. The molecule has 0 amide bonds. The molecule has 0 bridgehead atoms. The predicted molar refractivity (Wildman–Crippen MR) is 81.0 cm³/mol. The number of carbonyl (C=O) groups excluding carboxylic acids is 1. The van der Waals surface area contributed by atoms with Gasteiger partial charge in [0.2, 0.25) is 0 Å². The summed E-state index contributed by atoms with van der Waals surface area (Å²) in [5.41, 5.74) is 1.79. The molecule has 0 atom stereocenters. The van der Waals surface area contributed by atoms with E-state index in [1.165, 1.54) is 6.08 Å². The van der Waals surface area contributed by atoms with E-state index in [-0.39, 0.29) is 18.2 Å². The average molecular weight is 272 g/mol. The van der Waals surface area contributed by atoms with Crippen LogP contribution in [0.25, 0.3) is 12.2 Å². The Morgan fingerprint density at radius 1 is 0.895 bits per heavy atom. The van der Waals surface area contributed by atoms with Crippen molar-refractivity contribution >= 4 is 30.3 Å². The maximum Gasteiger partial charge on any atom is 0.178 e. The number of hydrogen-bond acceptors (Lipinski definition) is 2. The summed E-state index contributed by atoms with van der Waals surface area (Å²) in [5, 5.41) is 0. The number of benzene rings is 1. The van der Waals surface area contributed by atoms with E-state index in [1.54, 1.807) is 24.4 Å². The van der Waals surface area contributed by atoms with Crippen LogP contribution in [0.3, 0.4) is 0 Å². The zero-order valence-corrected chi connectivity index (χ0v) is 11.1. The Kier molecular flexibility index (Phi) is 6.27. The van der Waals surface area contributed by atoms with E-state index in [0.717, 1.165) is 11.3 Å². The monoisotopic (exact) mass is 271 g/mol. The second kappa shape index (κ2) is 8.01.